The second-order valence-electron chi connectivity index (χ2n) is 6.27. The Morgan fingerprint density at radius 1 is 1.08 bits per heavy atom. The minimum absolute atomic E-state index is 0.262. The molecule has 0 radical (unpaired) electrons. The molecule has 3 rings (SSSR count). The first-order chi connectivity index (χ1) is 11.6. The van der Waals surface area contributed by atoms with Gasteiger partial charge in [-0.15, -0.1) is 0 Å². The molecule has 24 heavy (non-hydrogen) atoms. The van der Waals surface area contributed by atoms with Gasteiger partial charge in [0.05, 0.1) is 7.11 Å². The fourth-order valence-corrected chi connectivity index (χ4v) is 3.14. The molecule has 1 aromatic heterocycles. The predicted octanol–water partition coefficient (Wildman–Crippen LogP) is 4.71. The number of rotatable bonds is 5. The minimum atomic E-state index is 0.262. The summed E-state index contributed by atoms with van der Waals surface area (Å²) in [5.41, 5.74) is 5.26. The number of aryl methyl sites for hydroxylation is 1. The molecule has 0 N–H and O–H groups in total. The van der Waals surface area contributed by atoms with E-state index >= 15 is 0 Å². The van der Waals surface area contributed by atoms with E-state index < -0.39 is 0 Å². The topological polar surface area (TPSA) is 27.1 Å². The van der Waals surface area contributed by atoms with E-state index in [-0.39, 0.29) is 5.92 Å². The molecule has 0 saturated carbocycles. The van der Waals surface area contributed by atoms with Gasteiger partial charge in [-0.1, -0.05) is 37.3 Å². The fourth-order valence-electron chi connectivity index (χ4n) is 3.14. The van der Waals surface area contributed by atoms with Gasteiger partial charge in [-0.3, -0.25) is 0 Å². The number of nitrogens with zero attached hydrogens (tertiary/aromatic N) is 2. The third kappa shape index (κ3) is 3.21. The van der Waals surface area contributed by atoms with Gasteiger partial charge in [-0.2, -0.15) is 0 Å². The Morgan fingerprint density at radius 2 is 1.83 bits per heavy atom. The Kier molecular flexibility index (Phi) is 4.70. The summed E-state index contributed by atoms with van der Waals surface area (Å²) in [6, 6.07) is 14.7. The molecule has 1 heterocycles. The van der Waals surface area contributed by atoms with Crippen molar-refractivity contribution in [1.82, 2.24) is 9.55 Å². The molecule has 0 aliphatic carbocycles. The molecule has 0 amide bonds. The van der Waals surface area contributed by atoms with E-state index in [9.17, 15) is 0 Å². The lowest BCUT2D eigenvalue weighted by Crippen LogP contribution is -2.10. The molecule has 0 fully saturated rings. The molecular weight excluding hydrogens is 296 g/mol. The summed E-state index contributed by atoms with van der Waals surface area (Å²) in [5, 5.41) is 0. The second-order valence-corrected chi connectivity index (χ2v) is 6.27. The lowest BCUT2D eigenvalue weighted by atomic mass is 9.93. The molecule has 3 heteroatoms. The van der Waals surface area contributed by atoms with Crippen LogP contribution in [0.4, 0.5) is 0 Å². The number of methoxy groups -OCH3 is 1. The highest BCUT2D eigenvalue weighted by Crippen LogP contribution is 2.27. The van der Waals surface area contributed by atoms with Crippen LogP contribution in [0.15, 0.2) is 54.9 Å². The Hall–Kier alpha value is -2.55. The van der Waals surface area contributed by atoms with Crippen LogP contribution in [0.2, 0.25) is 0 Å². The Morgan fingerprint density at radius 3 is 2.54 bits per heavy atom. The Bertz CT molecular complexity index is 818. The molecule has 2 aromatic carbocycles. The fraction of sp³-hybridized carbons (Fsp3) is 0.286. The smallest absolute Gasteiger partial charge is 0.118 e. The molecule has 0 aliphatic heterocycles. The van der Waals surface area contributed by atoms with Gasteiger partial charge in [0.1, 0.15) is 11.6 Å². The van der Waals surface area contributed by atoms with Crippen LogP contribution in [0.25, 0.3) is 0 Å². The zero-order valence-electron chi connectivity index (χ0n) is 14.8. The first-order valence-corrected chi connectivity index (χ1v) is 8.30. The minimum Gasteiger partial charge on any atom is -0.497 e. The highest BCUT2D eigenvalue weighted by Gasteiger charge is 2.17. The van der Waals surface area contributed by atoms with Crippen LogP contribution < -0.4 is 4.74 Å². The van der Waals surface area contributed by atoms with Crippen LogP contribution in [0.3, 0.4) is 0 Å². The molecule has 0 aliphatic rings. The Labute approximate surface area is 143 Å². The predicted molar refractivity (Wildman–Crippen MR) is 97.8 cm³/mol. The van der Waals surface area contributed by atoms with Crippen LogP contribution in [0, 0.1) is 13.8 Å². The van der Waals surface area contributed by atoms with Crippen LogP contribution in [0.1, 0.15) is 40.9 Å². The summed E-state index contributed by atoms with van der Waals surface area (Å²) < 4.78 is 7.46. The van der Waals surface area contributed by atoms with Gasteiger partial charge >= 0.3 is 0 Å². The summed E-state index contributed by atoms with van der Waals surface area (Å²) in [5.74, 6) is 2.24. The standard InChI is InChI=1S/C21H24N2O/c1-15-6-5-7-20(16(15)2)17(3)21-22-12-13-23(21)14-18-8-10-19(24-4)11-9-18/h5-13,17H,14H2,1-4H3/t17-/m0/s1. The van der Waals surface area contributed by atoms with Crippen molar-refractivity contribution in [3.8, 4) is 5.75 Å². The van der Waals surface area contributed by atoms with E-state index in [0.717, 1.165) is 18.1 Å². The zero-order chi connectivity index (χ0) is 17.1. The molecule has 1 atom stereocenters. The molecule has 3 aromatic rings. The first-order valence-electron chi connectivity index (χ1n) is 8.30. The number of hydrogen-bond donors (Lipinski definition) is 0. The van der Waals surface area contributed by atoms with Crippen molar-refractivity contribution in [3.63, 3.8) is 0 Å². The van der Waals surface area contributed by atoms with Gasteiger partial charge in [-0.05, 0) is 48.2 Å². The number of benzene rings is 2. The molecule has 0 spiro atoms. The van der Waals surface area contributed by atoms with Gasteiger partial charge in [0.25, 0.3) is 0 Å². The third-order valence-electron chi connectivity index (χ3n) is 4.76. The van der Waals surface area contributed by atoms with Gasteiger partial charge in [0, 0.05) is 24.9 Å². The lowest BCUT2D eigenvalue weighted by molar-refractivity contribution is 0.414. The van der Waals surface area contributed by atoms with Gasteiger partial charge in [0.2, 0.25) is 0 Å². The summed E-state index contributed by atoms with van der Waals surface area (Å²) in [6.45, 7) is 7.40. The zero-order valence-corrected chi connectivity index (χ0v) is 14.8. The van der Waals surface area contributed by atoms with Crippen molar-refractivity contribution >= 4 is 0 Å². The quantitative estimate of drug-likeness (QED) is 0.681. The first kappa shape index (κ1) is 16.3. The maximum Gasteiger partial charge on any atom is 0.118 e. The van der Waals surface area contributed by atoms with Crippen molar-refractivity contribution in [1.29, 1.82) is 0 Å². The summed E-state index contributed by atoms with van der Waals surface area (Å²) in [6.07, 6.45) is 3.95. The Balaban J connectivity index is 1.87. The van der Waals surface area contributed by atoms with Crippen LogP contribution in [0.5, 0.6) is 5.75 Å². The van der Waals surface area contributed by atoms with E-state index in [1.165, 1.54) is 22.3 Å². The summed E-state index contributed by atoms with van der Waals surface area (Å²) >= 11 is 0. The van der Waals surface area contributed by atoms with Crippen molar-refractivity contribution < 1.29 is 4.74 Å². The van der Waals surface area contributed by atoms with E-state index in [2.05, 4.69) is 66.9 Å². The molecule has 0 unspecified atom stereocenters. The maximum absolute atomic E-state index is 5.23. The van der Waals surface area contributed by atoms with Crippen molar-refractivity contribution in [3.05, 3.63) is 82.9 Å². The molecular formula is C21H24N2O. The molecule has 0 saturated heterocycles. The van der Waals surface area contributed by atoms with E-state index in [1.54, 1.807) is 7.11 Å². The third-order valence-corrected chi connectivity index (χ3v) is 4.76. The number of hydrogen-bond acceptors (Lipinski definition) is 2. The van der Waals surface area contributed by atoms with Crippen molar-refractivity contribution in [2.75, 3.05) is 7.11 Å². The van der Waals surface area contributed by atoms with Crippen LogP contribution in [-0.2, 0) is 6.54 Å². The number of ether oxygens (including phenoxy) is 1. The second kappa shape index (κ2) is 6.91. The SMILES string of the molecule is COc1ccc(Cn2ccnc2[C@@H](C)c2cccc(C)c2C)cc1. The number of imidazole rings is 1. The normalized spacial score (nSPS) is 12.2. The number of aromatic nitrogens is 2. The monoisotopic (exact) mass is 320 g/mol. The van der Waals surface area contributed by atoms with E-state index in [4.69, 9.17) is 4.74 Å². The van der Waals surface area contributed by atoms with Gasteiger partial charge in [-0.25, -0.2) is 4.98 Å². The van der Waals surface area contributed by atoms with Crippen molar-refractivity contribution in [2.24, 2.45) is 0 Å². The molecule has 124 valence electrons. The van der Waals surface area contributed by atoms with E-state index in [0.29, 0.717) is 0 Å². The molecule has 0 bridgehead atoms. The average Bonchev–Trinajstić information content (AvgIpc) is 3.05. The summed E-state index contributed by atoms with van der Waals surface area (Å²) in [7, 11) is 1.69. The largest absolute Gasteiger partial charge is 0.497 e. The van der Waals surface area contributed by atoms with Gasteiger partial charge in [0.15, 0.2) is 0 Å². The lowest BCUT2D eigenvalue weighted by Gasteiger charge is -2.18. The van der Waals surface area contributed by atoms with Crippen molar-refractivity contribution in [2.45, 2.75) is 33.2 Å². The summed E-state index contributed by atoms with van der Waals surface area (Å²) in [4.78, 5) is 4.63. The van der Waals surface area contributed by atoms with Gasteiger partial charge < -0.3 is 9.30 Å². The van der Waals surface area contributed by atoms with Crippen LogP contribution >= 0.6 is 0 Å². The average molecular weight is 320 g/mol. The van der Waals surface area contributed by atoms with E-state index in [1.807, 2.05) is 18.3 Å². The maximum atomic E-state index is 5.23. The highest BCUT2D eigenvalue weighted by molar-refractivity contribution is 5.38. The highest BCUT2D eigenvalue weighted by atomic mass is 16.5. The molecule has 3 nitrogen and oxygen atoms in total. The van der Waals surface area contributed by atoms with Crippen LogP contribution in [-0.4, -0.2) is 16.7 Å².